The lowest BCUT2D eigenvalue weighted by molar-refractivity contribution is -0.387. The van der Waals surface area contributed by atoms with Crippen LogP contribution in [0.5, 0.6) is 0 Å². The molecule has 0 unspecified atom stereocenters. The van der Waals surface area contributed by atoms with E-state index in [1.807, 2.05) is 6.92 Å². The normalized spacial score (nSPS) is 11.5. The molecular weight excluding hydrogens is 247 g/mol. The molecule has 0 fully saturated rings. The molecule has 1 aromatic rings. The van der Waals surface area contributed by atoms with Crippen molar-refractivity contribution in [3.05, 3.63) is 51.8 Å². The molecule has 1 rings (SSSR count). The second kappa shape index (κ2) is 6.32. The van der Waals surface area contributed by atoms with E-state index >= 15 is 0 Å². The maximum Gasteiger partial charge on any atom is 0.305 e. The van der Waals surface area contributed by atoms with Gasteiger partial charge in [0, 0.05) is 12.1 Å². The van der Waals surface area contributed by atoms with Gasteiger partial charge in [-0.15, -0.1) is 19.0 Å². The number of nitro benzene ring substituents is 1. The summed E-state index contributed by atoms with van der Waals surface area (Å²) in [5.74, 6) is -0.851. The summed E-state index contributed by atoms with van der Waals surface area (Å²) in [5, 5.41) is 10.5. The van der Waals surface area contributed by atoms with E-state index in [0.717, 1.165) is 11.6 Å². The third-order valence-corrected chi connectivity index (χ3v) is 2.16. The van der Waals surface area contributed by atoms with Crippen LogP contribution < -0.4 is 5.73 Å². The Kier molecular flexibility index (Phi) is 5.78. The minimum Gasteiger partial charge on any atom is -0.324 e. The van der Waals surface area contributed by atoms with Crippen molar-refractivity contribution >= 4 is 18.1 Å². The highest BCUT2D eigenvalue weighted by Gasteiger charge is 2.16. The van der Waals surface area contributed by atoms with Gasteiger partial charge in [-0.05, 0) is 25.0 Å². The Balaban J connectivity index is 0.00000256. The molecule has 0 saturated heterocycles. The van der Waals surface area contributed by atoms with Crippen molar-refractivity contribution in [1.29, 1.82) is 0 Å². The van der Waals surface area contributed by atoms with Crippen LogP contribution in [0.15, 0.2) is 30.4 Å². The highest BCUT2D eigenvalue weighted by molar-refractivity contribution is 5.85. The predicted molar refractivity (Wildman–Crippen MR) is 66.7 cm³/mol. The summed E-state index contributed by atoms with van der Waals surface area (Å²) in [7, 11) is 0. The molecule has 4 nitrogen and oxygen atoms in total. The van der Waals surface area contributed by atoms with Gasteiger partial charge < -0.3 is 5.73 Å². The number of rotatable bonds is 4. The molecular formula is C11H14ClFN2O2. The van der Waals surface area contributed by atoms with Crippen molar-refractivity contribution in [3.63, 3.8) is 0 Å². The van der Waals surface area contributed by atoms with Crippen LogP contribution in [0.2, 0.25) is 0 Å². The molecule has 1 aromatic carbocycles. The second-order valence-electron chi connectivity index (χ2n) is 3.74. The monoisotopic (exact) mass is 260 g/mol. The summed E-state index contributed by atoms with van der Waals surface area (Å²) in [4.78, 5) is 9.77. The number of halogens is 2. The number of hydrogen-bond acceptors (Lipinski definition) is 3. The van der Waals surface area contributed by atoms with Gasteiger partial charge in [0.25, 0.3) is 0 Å². The highest BCUT2D eigenvalue weighted by Crippen LogP contribution is 2.24. The molecule has 0 aliphatic heterocycles. The fourth-order valence-electron chi connectivity index (χ4n) is 1.39. The largest absolute Gasteiger partial charge is 0.324 e. The maximum atomic E-state index is 13.0. The smallest absolute Gasteiger partial charge is 0.305 e. The highest BCUT2D eigenvalue weighted by atomic mass is 35.5. The number of nitrogens with two attached hydrogens (primary N) is 1. The predicted octanol–water partition coefficient (Wildman–Crippen LogP) is 3.12. The second-order valence-corrected chi connectivity index (χ2v) is 3.74. The molecule has 2 N–H and O–H groups in total. The lowest BCUT2D eigenvalue weighted by Crippen LogP contribution is -2.11. The molecule has 6 heteroatoms. The Hall–Kier alpha value is -1.46. The van der Waals surface area contributed by atoms with Gasteiger partial charge in [0.1, 0.15) is 0 Å². The summed E-state index contributed by atoms with van der Waals surface area (Å²) in [6, 6.07) is 3.29. The fraction of sp³-hybridized carbons (Fsp3) is 0.273. The van der Waals surface area contributed by atoms with Gasteiger partial charge in [0.2, 0.25) is 5.82 Å². The van der Waals surface area contributed by atoms with E-state index in [9.17, 15) is 14.5 Å². The summed E-state index contributed by atoms with van der Waals surface area (Å²) in [6.45, 7) is 5.53. The zero-order valence-electron chi connectivity index (χ0n) is 9.35. The summed E-state index contributed by atoms with van der Waals surface area (Å²) in [5.41, 5.74) is 6.68. The van der Waals surface area contributed by atoms with Crippen LogP contribution in [-0.2, 0) is 0 Å². The minimum absolute atomic E-state index is 0. The molecule has 0 aliphatic rings. The van der Waals surface area contributed by atoms with Crippen LogP contribution in [0.25, 0.3) is 0 Å². The van der Waals surface area contributed by atoms with Gasteiger partial charge in [-0.1, -0.05) is 11.6 Å². The van der Waals surface area contributed by atoms with Crippen molar-refractivity contribution in [3.8, 4) is 0 Å². The van der Waals surface area contributed by atoms with Gasteiger partial charge in [0.15, 0.2) is 0 Å². The molecule has 0 saturated carbocycles. The molecule has 17 heavy (non-hydrogen) atoms. The third-order valence-electron chi connectivity index (χ3n) is 2.16. The van der Waals surface area contributed by atoms with Gasteiger partial charge in [-0.2, -0.15) is 4.39 Å². The minimum atomic E-state index is -0.851. The lowest BCUT2D eigenvalue weighted by Gasteiger charge is -2.11. The van der Waals surface area contributed by atoms with Crippen molar-refractivity contribution in [2.45, 2.75) is 19.4 Å². The number of benzene rings is 1. The topological polar surface area (TPSA) is 69.2 Å². The van der Waals surface area contributed by atoms with Crippen LogP contribution in [-0.4, -0.2) is 4.92 Å². The maximum absolute atomic E-state index is 13.0. The molecule has 0 aliphatic carbocycles. The Morgan fingerprint density at radius 3 is 2.71 bits per heavy atom. The Morgan fingerprint density at radius 2 is 2.24 bits per heavy atom. The number of nitrogens with zero attached hydrogens (tertiary/aromatic N) is 1. The van der Waals surface area contributed by atoms with Crippen molar-refractivity contribution in [2.24, 2.45) is 5.73 Å². The van der Waals surface area contributed by atoms with Crippen LogP contribution in [0.3, 0.4) is 0 Å². The van der Waals surface area contributed by atoms with E-state index in [1.165, 1.54) is 12.1 Å². The molecule has 0 amide bonds. The van der Waals surface area contributed by atoms with Crippen LogP contribution in [0, 0.1) is 15.9 Å². The van der Waals surface area contributed by atoms with Gasteiger partial charge in [-0.3, -0.25) is 10.1 Å². The first kappa shape index (κ1) is 15.5. The van der Waals surface area contributed by atoms with Crippen LogP contribution in [0.1, 0.15) is 24.9 Å². The van der Waals surface area contributed by atoms with Crippen molar-refractivity contribution in [2.75, 3.05) is 0 Å². The van der Waals surface area contributed by atoms with Crippen molar-refractivity contribution in [1.82, 2.24) is 0 Å². The summed E-state index contributed by atoms with van der Waals surface area (Å²) < 4.78 is 13.0. The van der Waals surface area contributed by atoms with E-state index < -0.39 is 22.5 Å². The van der Waals surface area contributed by atoms with Crippen LogP contribution in [0.4, 0.5) is 10.1 Å². The third kappa shape index (κ3) is 4.13. The van der Waals surface area contributed by atoms with Gasteiger partial charge >= 0.3 is 5.69 Å². The molecule has 0 aromatic heterocycles. The first-order chi connectivity index (χ1) is 7.41. The molecule has 0 heterocycles. The summed E-state index contributed by atoms with van der Waals surface area (Å²) >= 11 is 0. The molecule has 1 atom stereocenters. The van der Waals surface area contributed by atoms with E-state index in [-0.39, 0.29) is 12.4 Å². The number of nitro groups is 1. The van der Waals surface area contributed by atoms with E-state index in [1.54, 1.807) is 0 Å². The first-order valence-electron chi connectivity index (χ1n) is 4.75. The molecule has 0 bridgehead atoms. The zero-order chi connectivity index (χ0) is 12.3. The average molecular weight is 261 g/mol. The van der Waals surface area contributed by atoms with E-state index in [2.05, 4.69) is 6.58 Å². The Bertz CT molecular complexity index is 437. The van der Waals surface area contributed by atoms with E-state index in [4.69, 9.17) is 5.73 Å². The molecule has 0 spiro atoms. The van der Waals surface area contributed by atoms with Crippen molar-refractivity contribution < 1.29 is 9.31 Å². The quantitative estimate of drug-likeness (QED) is 0.514. The summed E-state index contributed by atoms with van der Waals surface area (Å²) in [6.07, 6.45) is 0.517. The Morgan fingerprint density at radius 1 is 1.65 bits per heavy atom. The van der Waals surface area contributed by atoms with Gasteiger partial charge in [-0.25, -0.2) is 0 Å². The Labute approximate surface area is 105 Å². The SMILES string of the molecule is C=C(C)C[C@H](N)c1ccc(F)c([N+](=O)[O-])c1.Cl. The van der Waals surface area contributed by atoms with E-state index in [0.29, 0.717) is 12.0 Å². The standard InChI is InChI=1S/C11H13FN2O2.ClH/c1-7(2)5-10(13)8-3-4-9(12)11(6-8)14(15)16;/h3-4,6,10H,1,5,13H2,2H3;1H/t10-;/m0./s1. The lowest BCUT2D eigenvalue weighted by atomic mass is 10.0. The van der Waals surface area contributed by atoms with Crippen LogP contribution >= 0.6 is 12.4 Å². The fourth-order valence-corrected chi connectivity index (χ4v) is 1.39. The molecule has 0 radical (unpaired) electrons. The zero-order valence-corrected chi connectivity index (χ0v) is 10.2. The number of hydrogen-bond donors (Lipinski definition) is 1. The van der Waals surface area contributed by atoms with Gasteiger partial charge in [0.05, 0.1) is 4.92 Å². The first-order valence-corrected chi connectivity index (χ1v) is 4.75. The average Bonchev–Trinajstić information content (AvgIpc) is 2.16. The molecule has 94 valence electrons.